The van der Waals surface area contributed by atoms with E-state index >= 15 is 4.39 Å². The predicted octanol–water partition coefficient (Wildman–Crippen LogP) is 5.86. The van der Waals surface area contributed by atoms with E-state index in [-0.39, 0.29) is 75.5 Å². The third-order valence-corrected chi connectivity index (χ3v) is 9.85. The molecule has 5 heterocycles. The van der Waals surface area contributed by atoms with E-state index in [9.17, 15) is 13.2 Å². The van der Waals surface area contributed by atoms with Crippen molar-refractivity contribution in [2.24, 2.45) is 0 Å². The van der Waals surface area contributed by atoms with E-state index in [1.165, 1.54) is 12.1 Å². The second kappa shape index (κ2) is 10.9. The van der Waals surface area contributed by atoms with Gasteiger partial charge in [0, 0.05) is 74.2 Å². The van der Waals surface area contributed by atoms with Gasteiger partial charge in [0.15, 0.2) is 10.9 Å². The normalized spacial score (nSPS) is 22.9. The third kappa shape index (κ3) is 5.23. The largest absolute Gasteiger partial charge is 0.459 e. The van der Waals surface area contributed by atoms with E-state index in [2.05, 4.69) is 20.2 Å². The first kappa shape index (κ1) is 28.8. The Balaban J connectivity index is 1.32. The van der Waals surface area contributed by atoms with Gasteiger partial charge in [0.1, 0.15) is 23.3 Å². The summed E-state index contributed by atoms with van der Waals surface area (Å²) in [6, 6.07) is 4.64. The van der Waals surface area contributed by atoms with Crippen molar-refractivity contribution in [3.8, 4) is 17.1 Å². The summed E-state index contributed by atoms with van der Waals surface area (Å²) in [5.74, 6) is -3.32. The maximum Gasteiger partial charge on any atom is 0.319 e. The summed E-state index contributed by atoms with van der Waals surface area (Å²) in [5, 5.41) is 4.16. The Hall–Kier alpha value is -3.00. The van der Waals surface area contributed by atoms with Crippen LogP contribution < -0.4 is 20.7 Å². The lowest BCUT2D eigenvalue weighted by Crippen LogP contribution is -2.52. The number of nitrogens with one attached hydrogen (secondary N) is 1. The monoisotopic (exact) mass is 635 g/mol. The molecule has 228 valence electrons. The molecule has 3 saturated heterocycles. The summed E-state index contributed by atoms with van der Waals surface area (Å²) in [7, 11) is 0. The van der Waals surface area contributed by atoms with E-state index in [1.807, 2.05) is 11.8 Å². The molecule has 43 heavy (non-hydrogen) atoms. The molecule has 2 aromatic carbocycles. The fourth-order valence-corrected chi connectivity index (χ4v) is 7.68. The first-order valence-electron chi connectivity index (χ1n) is 14.4. The van der Waals surface area contributed by atoms with Crippen LogP contribution in [0.2, 0.25) is 5.02 Å². The number of piperidine rings is 1. The number of nitrogens with two attached hydrogens (primary N) is 1. The van der Waals surface area contributed by atoms with E-state index in [4.69, 9.17) is 27.1 Å². The number of anilines is 2. The van der Waals surface area contributed by atoms with Gasteiger partial charge < -0.3 is 20.7 Å². The molecule has 0 aliphatic carbocycles. The lowest BCUT2D eigenvalue weighted by atomic mass is 10.0. The molecule has 3 fully saturated rings. The Morgan fingerprint density at radius 2 is 1.84 bits per heavy atom. The van der Waals surface area contributed by atoms with Gasteiger partial charge in [-0.05, 0) is 38.0 Å². The van der Waals surface area contributed by atoms with Crippen molar-refractivity contribution < 1.29 is 22.3 Å². The number of benzene rings is 2. The van der Waals surface area contributed by atoms with Crippen molar-refractivity contribution in [1.82, 2.24) is 25.2 Å². The van der Waals surface area contributed by atoms with Gasteiger partial charge in [0.25, 0.3) is 5.92 Å². The maximum absolute atomic E-state index is 16.7. The summed E-state index contributed by atoms with van der Waals surface area (Å²) < 4.78 is 64.9. The Labute approximate surface area is 254 Å². The number of halogens is 5. The molecule has 2 aromatic heterocycles. The molecule has 0 saturated carbocycles. The summed E-state index contributed by atoms with van der Waals surface area (Å²) in [6.07, 6.45) is 1.09. The van der Waals surface area contributed by atoms with Crippen molar-refractivity contribution in [1.29, 1.82) is 0 Å². The standard InChI is InChI=1S/C29H30ClF4N7OS/c1-14(13-40-8-6-29(33,34)7-9-40)42-28-38-23-18(26(39-28)41-15-2-3-16(41)12-36-11-15)10-19(30)21(22(23)32)17-4-5-20(31)25-24(17)37-27(35)43-25/h4-5,10,14-16,36H,2-3,6-9,11-13H2,1H3,(H2,35,37)/t14-,15?,16?/m0/s1. The second-order valence-corrected chi connectivity index (χ2v) is 13.1. The zero-order valence-electron chi connectivity index (χ0n) is 23.3. The van der Waals surface area contributed by atoms with Crippen molar-refractivity contribution in [2.75, 3.05) is 43.4 Å². The van der Waals surface area contributed by atoms with Gasteiger partial charge in [0.05, 0.1) is 15.2 Å². The Kier molecular flexibility index (Phi) is 7.26. The molecule has 3 aliphatic heterocycles. The molecule has 0 amide bonds. The number of nitrogen functional groups attached to an aromatic ring is 1. The highest BCUT2D eigenvalue weighted by atomic mass is 35.5. The molecule has 0 radical (unpaired) electrons. The molecular formula is C29H30ClF4N7OS. The average Bonchev–Trinajstić information content (AvgIpc) is 3.47. The first-order chi connectivity index (χ1) is 20.6. The van der Waals surface area contributed by atoms with Crippen molar-refractivity contribution in [2.45, 2.75) is 56.7 Å². The van der Waals surface area contributed by atoms with E-state index in [1.54, 1.807) is 6.07 Å². The topological polar surface area (TPSA) is 92.4 Å². The number of aromatic nitrogens is 3. The Morgan fingerprint density at radius 3 is 2.56 bits per heavy atom. The number of piperazine rings is 1. The van der Waals surface area contributed by atoms with Crippen molar-refractivity contribution in [3.63, 3.8) is 0 Å². The molecule has 4 aromatic rings. The van der Waals surface area contributed by atoms with Gasteiger partial charge >= 0.3 is 6.01 Å². The predicted molar refractivity (Wildman–Crippen MR) is 160 cm³/mol. The van der Waals surface area contributed by atoms with Gasteiger partial charge in [-0.2, -0.15) is 9.97 Å². The average molecular weight is 636 g/mol. The lowest BCUT2D eigenvalue weighted by molar-refractivity contribution is -0.0595. The van der Waals surface area contributed by atoms with Gasteiger partial charge in [-0.1, -0.05) is 22.9 Å². The van der Waals surface area contributed by atoms with Crippen LogP contribution in [0.4, 0.5) is 28.5 Å². The number of nitrogens with zero attached hydrogens (tertiary/aromatic N) is 5. The van der Waals surface area contributed by atoms with Crippen LogP contribution in [0.5, 0.6) is 6.01 Å². The summed E-state index contributed by atoms with van der Waals surface area (Å²) in [4.78, 5) is 17.7. The summed E-state index contributed by atoms with van der Waals surface area (Å²) >= 11 is 7.75. The summed E-state index contributed by atoms with van der Waals surface area (Å²) in [6.45, 7) is 4.28. The number of hydrogen-bond acceptors (Lipinski definition) is 9. The van der Waals surface area contributed by atoms with Crippen LogP contribution in [0.25, 0.3) is 32.2 Å². The van der Waals surface area contributed by atoms with Crippen molar-refractivity contribution in [3.05, 3.63) is 34.9 Å². The highest BCUT2D eigenvalue weighted by Crippen LogP contribution is 2.44. The molecular weight excluding hydrogens is 606 g/mol. The van der Waals surface area contributed by atoms with Gasteiger partial charge in [-0.15, -0.1) is 0 Å². The minimum atomic E-state index is -2.64. The molecule has 3 atom stereocenters. The first-order valence-corrected chi connectivity index (χ1v) is 15.6. The lowest BCUT2D eigenvalue weighted by Gasteiger charge is -2.37. The molecule has 8 nitrogen and oxygen atoms in total. The highest BCUT2D eigenvalue weighted by Gasteiger charge is 2.39. The minimum absolute atomic E-state index is 0.00963. The smallest absolute Gasteiger partial charge is 0.319 e. The van der Waals surface area contributed by atoms with Crippen LogP contribution in [-0.2, 0) is 0 Å². The number of hydrogen-bond donors (Lipinski definition) is 2. The maximum atomic E-state index is 16.7. The molecule has 14 heteroatoms. The summed E-state index contributed by atoms with van der Waals surface area (Å²) in [5.41, 5.74) is 6.45. The number of fused-ring (bicyclic) bond motifs is 4. The quantitative estimate of drug-likeness (QED) is 0.255. The fraction of sp³-hybridized carbons (Fsp3) is 0.483. The van der Waals surface area contributed by atoms with E-state index < -0.39 is 23.7 Å². The molecule has 2 unspecified atom stereocenters. The Bertz CT molecular complexity index is 1700. The number of thiazole rings is 1. The molecule has 0 spiro atoms. The number of rotatable bonds is 6. The van der Waals surface area contributed by atoms with Crippen molar-refractivity contribution >= 4 is 55.0 Å². The van der Waals surface area contributed by atoms with Gasteiger partial charge in [-0.25, -0.2) is 22.5 Å². The number of likely N-dealkylation sites (tertiary alicyclic amines) is 1. The molecule has 3 N–H and O–H groups in total. The van der Waals surface area contributed by atoms with Crippen LogP contribution in [0.15, 0.2) is 18.2 Å². The van der Waals surface area contributed by atoms with E-state index in [0.717, 1.165) is 37.3 Å². The van der Waals surface area contributed by atoms with Crippen LogP contribution >= 0.6 is 22.9 Å². The van der Waals surface area contributed by atoms with Gasteiger partial charge in [-0.3, -0.25) is 4.90 Å². The fourth-order valence-electron chi connectivity index (χ4n) is 6.62. The second-order valence-electron chi connectivity index (χ2n) is 11.6. The third-order valence-electron chi connectivity index (χ3n) is 8.66. The molecule has 3 aliphatic rings. The van der Waals surface area contributed by atoms with Crippen LogP contribution in [0, 0.1) is 11.6 Å². The highest BCUT2D eigenvalue weighted by molar-refractivity contribution is 7.22. The van der Waals surface area contributed by atoms with Gasteiger partial charge in [0.2, 0.25) is 0 Å². The minimum Gasteiger partial charge on any atom is -0.459 e. The number of alkyl halides is 2. The van der Waals surface area contributed by atoms with Crippen LogP contribution in [0.3, 0.4) is 0 Å². The molecule has 2 bridgehead atoms. The molecule has 7 rings (SSSR count). The van der Waals surface area contributed by atoms with E-state index in [0.29, 0.717) is 23.3 Å². The Morgan fingerprint density at radius 1 is 1.12 bits per heavy atom. The zero-order chi connectivity index (χ0) is 30.0. The van der Waals surface area contributed by atoms with Crippen LogP contribution in [0.1, 0.15) is 32.6 Å². The van der Waals surface area contributed by atoms with Crippen LogP contribution in [-0.4, -0.2) is 76.7 Å². The SMILES string of the molecule is C[C@@H](CN1CCC(F)(F)CC1)Oc1nc(N2C3CCC2CNC3)c2cc(Cl)c(-c3ccc(F)c4sc(N)nc34)c(F)c2n1. The number of ether oxygens (including phenoxy) is 1. The zero-order valence-corrected chi connectivity index (χ0v) is 24.9.